The molecule has 1 N–H and O–H groups in total. The Bertz CT molecular complexity index is 431. The molecule has 0 radical (unpaired) electrons. The molecule has 0 saturated carbocycles. The first-order chi connectivity index (χ1) is 9.03. The maximum Gasteiger partial charge on any atom is 0.308 e. The molecule has 0 aliphatic carbocycles. The smallest absolute Gasteiger partial charge is 0.308 e. The fourth-order valence-corrected chi connectivity index (χ4v) is 1.75. The van der Waals surface area contributed by atoms with Crippen LogP contribution in [-0.4, -0.2) is 31.6 Å². The van der Waals surface area contributed by atoms with Gasteiger partial charge in [-0.15, -0.1) is 0 Å². The number of methoxy groups -OCH3 is 2. The number of carbonyl (C=O) groups excluding carboxylic acids is 1. The Labute approximate surface area is 111 Å². The second kappa shape index (κ2) is 7.08. The summed E-state index contributed by atoms with van der Waals surface area (Å²) in [6.07, 6.45) is -1.01. The second-order valence-electron chi connectivity index (χ2n) is 3.97. The molecule has 1 aromatic carbocycles. The SMILES string of the molecule is COc1cc(C(OC)C(C)OO)ccc1OC(C)=O. The quantitative estimate of drug-likeness (QED) is 0.369. The molecule has 0 aliphatic heterocycles. The first-order valence-electron chi connectivity index (χ1n) is 5.72. The van der Waals surface area contributed by atoms with E-state index in [0.29, 0.717) is 11.5 Å². The van der Waals surface area contributed by atoms with E-state index >= 15 is 0 Å². The molecule has 1 rings (SSSR count). The number of hydrogen-bond acceptors (Lipinski definition) is 6. The lowest BCUT2D eigenvalue weighted by molar-refractivity contribution is -0.294. The van der Waals surface area contributed by atoms with Crippen LogP contribution >= 0.6 is 0 Å². The molecule has 19 heavy (non-hydrogen) atoms. The zero-order valence-electron chi connectivity index (χ0n) is 11.4. The van der Waals surface area contributed by atoms with Gasteiger partial charge in [0.2, 0.25) is 0 Å². The monoisotopic (exact) mass is 270 g/mol. The predicted octanol–water partition coefficient (Wildman–Crippen LogP) is 2.19. The third-order valence-electron chi connectivity index (χ3n) is 2.62. The summed E-state index contributed by atoms with van der Waals surface area (Å²) in [4.78, 5) is 15.2. The van der Waals surface area contributed by atoms with Crippen molar-refractivity contribution in [1.82, 2.24) is 0 Å². The number of ether oxygens (including phenoxy) is 3. The van der Waals surface area contributed by atoms with Gasteiger partial charge in [0.1, 0.15) is 12.2 Å². The van der Waals surface area contributed by atoms with E-state index in [1.807, 2.05) is 0 Å². The van der Waals surface area contributed by atoms with E-state index in [9.17, 15) is 4.79 Å². The Kier molecular flexibility index (Phi) is 5.75. The minimum atomic E-state index is -0.547. The summed E-state index contributed by atoms with van der Waals surface area (Å²) >= 11 is 0. The predicted molar refractivity (Wildman–Crippen MR) is 67.2 cm³/mol. The molecule has 0 amide bonds. The van der Waals surface area contributed by atoms with Crippen LogP contribution in [-0.2, 0) is 14.4 Å². The average Bonchev–Trinajstić information content (AvgIpc) is 2.40. The molecule has 0 saturated heterocycles. The lowest BCUT2D eigenvalue weighted by Gasteiger charge is -2.21. The van der Waals surface area contributed by atoms with Crippen molar-refractivity contribution < 1.29 is 29.1 Å². The highest BCUT2D eigenvalue weighted by Gasteiger charge is 2.21. The summed E-state index contributed by atoms with van der Waals surface area (Å²) in [6.45, 7) is 2.98. The first kappa shape index (κ1) is 15.4. The molecule has 2 atom stereocenters. The lowest BCUT2D eigenvalue weighted by Crippen LogP contribution is -2.19. The van der Waals surface area contributed by atoms with E-state index in [-0.39, 0.29) is 0 Å². The fraction of sp³-hybridized carbons (Fsp3) is 0.462. The van der Waals surface area contributed by atoms with E-state index in [2.05, 4.69) is 4.89 Å². The maximum atomic E-state index is 11.0. The third kappa shape index (κ3) is 3.92. The zero-order valence-corrected chi connectivity index (χ0v) is 11.4. The van der Waals surface area contributed by atoms with Gasteiger partial charge < -0.3 is 14.2 Å². The molecular formula is C13H18O6. The Morgan fingerprint density at radius 2 is 1.95 bits per heavy atom. The molecule has 0 aliphatic rings. The summed E-state index contributed by atoms with van der Waals surface area (Å²) in [6, 6.07) is 4.98. The van der Waals surface area contributed by atoms with E-state index < -0.39 is 18.2 Å². The van der Waals surface area contributed by atoms with E-state index in [0.717, 1.165) is 5.56 Å². The molecule has 2 unspecified atom stereocenters. The standard InChI is InChI=1S/C13H18O6/c1-8(19-15)13(17-4)10-5-6-11(18-9(2)14)12(7-10)16-3/h5-8,13,15H,1-4H3. The summed E-state index contributed by atoms with van der Waals surface area (Å²) in [5, 5.41) is 8.72. The third-order valence-corrected chi connectivity index (χ3v) is 2.62. The van der Waals surface area contributed by atoms with Gasteiger partial charge in [-0.2, -0.15) is 0 Å². The maximum absolute atomic E-state index is 11.0. The number of esters is 1. The van der Waals surface area contributed by atoms with Crippen LogP contribution in [0.1, 0.15) is 25.5 Å². The van der Waals surface area contributed by atoms with Gasteiger partial charge in [-0.3, -0.25) is 10.1 Å². The van der Waals surface area contributed by atoms with Crippen LogP contribution in [0.5, 0.6) is 11.5 Å². The molecule has 0 bridgehead atoms. The molecule has 106 valence electrons. The summed E-state index contributed by atoms with van der Waals surface area (Å²) in [5.74, 6) is 0.299. The highest BCUT2D eigenvalue weighted by Crippen LogP contribution is 2.32. The average molecular weight is 270 g/mol. The van der Waals surface area contributed by atoms with Crippen LogP contribution in [0, 0.1) is 0 Å². The van der Waals surface area contributed by atoms with Gasteiger partial charge in [0.05, 0.1) is 7.11 Å². The molecule has 0 fully saturated rings. The minimum absolute atomic E-state index is 0.325. The van der Waals surface area contributed by atoms with Crippen LogP contribution in [0.3, 0.4) is 0 Å². The highest BCUT2D eigenvalue weighted by molar-refractivity contribution is 5.70. The van der Waals surface area contributed by atoms with Crippen molar-refractivity contribution in [2.24, 2.45) is 0 Å². The minimum Gasteiger partial charge on any atom is -0.493 e. The van der Waals surface area contributed by atoms with Crippen molar-refractivity contribution in [2.75, 3.05) is 14.2 Å². The largest absolute Gasteiger partial charge is 0.493 e. The molecule has 6 nitrogen and oxygen atoms in total. The van der Waals surface area contributed by atoms with Gasteiger partial charge in [0.15, 0.2) is 11.5 Å². The Hall–Kier alpha value is -1.63. The summed E-state index contributed by atoms with van der Waals surface area (Å²) in [7, 11) is 2.98. The molecule has 6 heteroatoms. The zero-order chi connectivity index (χ0) is 14.4. The molecule has 1 aromatic rings. The van der Waals surface area contributed by atoms with E-state index in [1.54, 1.807) is 25.1 Å². The Morgan fingerprint density at radius 3 is 2.42 bits per heavy atom. The summed E-state index contributed by atoms with van der Waals surface area (Å²) < 4.78 is 15.4. The Morgan fingerprint density at radius 1 is 1.26 bits per heavy atom. The topological polar surface area (TPSA) is 74.2 Å². The van der Waals surface area contributed by atoms with Gasteiger partial charge >= 0.3 is 5.97 Å². The van der Waals surface area contributed by atoms with Crippen molar-refractivity contribution >= 4 is 5.97 Å². The lowest BCUT2D eigenvalue weighted by atomic mass is 10.0. The summed E-state index contributed by atoms with van der Waals surface area (Å²) in [5.41, 5.74) is 0.733. The molecule has 0 spiro atoms. The molecular weight excluding hydrogens is 252 g/mol. The number of benzene rings is 1. The Balaban J connectivity index is 3.07. The highest BCUT2D eigenvalue weighted by atomic mass is 17.1. The van der Waals surface area contributed by atoms with Gasteiger partial charge in [-0.1, -0.05) is 6.07 Å². The van der Waals surface area contributed by atoms with Gasteiger partial charge in [0.25, 0.3) is 0 Å². The fourth-order valence-electron chi connectivity index (χ4n) is 1.75. The van der Waals surface area contributed by atoms with Crippen LogP contribution in [0.4, 0.5) is 0 Å². The van der Waals surface area contributed by atoms with E-state index in [4.69, 9.17) is 19.5 Å². The van der Waals surface area contributed by atoms with Gasteiger partial charge in [-0.25, -0.2) is 4.89 Å². The van der Waals surface area contributed by atoms with Gasteiger partial charge in [0, 0.05) is 14.0 Å². The van der Waals surface area contributed by atoms with Crippen LogP contribution in [0.25, 0.3) is 0 Å². The number of rotatable bonds is 6. The first-order valence-corrected chi connectivity index (χ1v) is 5.72. The van der Waals surface area contributed by atoms with Crippen LogP contribution in [0.2, 0.25) is 0 Å². The van der Waals surface area contributed by atoms with Crippen LogP contribution in [0.15, 0.2) is 18.2 Å². The van der Waals surface area contributed by atoms with Crippen molar-refractivity contribution in [2.45, 2.75) is 26.1 Å². The normalized spacial score (nSPS) is 13.7. The van der Waals surface area contributed by atoms with Crippen molar-refractivity contribution in [3.05, 3.63) is 23.8 Å². The van der Waals surface area contributed by atoms with Gasteiger partial charge in [-0.05, 0) is 24.6 Å². The number of hydrogen-bond donors (Lipinski definition) is 1. The van der Waals surface area contributed by atoms with Crippen molar-refractivity contribution in [3.8, 4) is 11.5 Å². The van der Waals surface area contributed by atoms with Crippen molar-refractivity contribution in [1.29, 1.82) is 0 Å². The van der Waals surface area contributed by atoms with E-state index in [1.165, 1.54) is 21.1 Å². The molecule has 0 heterocycles. The number of carbonyl (C=O) groups is 1. The molecule has 0 aromatic heterocycles. The van der Waals surface area contributed by atoms with Crippen LogP contribution < -0.4 is 9.47 Å². The van der Waals surface area contributed by atoms with Crippen molar-refractivity contribution in [3.63, 3.8) is 0 Å². The second-order valence-corrected chi connectivity index (χ2v) is 3.97.